The van der Waals surface area contributed by atoms with Gasteiger partial charge in [0.2, 0.25) is 5.88 Å². The predicted molar refractivity (Wildman–Crippen MR) is 103 cm³/mol. The second kappa shape index (κ2) is 7.41. The normalized spacial score (nSPS) is 11.2. The number of hydrogen-bond acceptors (Lipinski definition) is 4. The maximum absolute atomic E-state index is 12.9. The summed E-state index contributed by atoms with van der Waals surface area (Å²) in [6.07, 6.45) is 1.17. The van der Waals surface area contributed by atoms with E-state index in [9.17, 15) is 14.3 Å². The first kappa shape index (κ1) is 18.3. The molecule has 26 heavy (non-hydrogen) atoms. The SMILES string of the molecule is O=c1[nH]c(=S)n(-c2ccc(Cl)c(Cl)c2)c(O)c1C=Nc1ccc(F)cc1. The Labute approximate surface area is 162 Å². The molecule has 0 unspecified atom stereocenters. The van der Waals surface area contributed by atoms with Crippen molar-refractivity contribution in [2.45, 2.75) is 0 Å². The van der Waals surface area contributed by atoms with Crippen LogP contribution in [0.2, 0.25) is 10.0 Å². The molecule has 1 heterocycles. The van der Waals surface area contributed by atoms with E-state index in [-0.39, 0.29) is 15.4 Å². The molecule has 0 amide bonds. The molecule has 0 spiro atoms. The lowest BCUT2D eigenvalue weighted by atomic mass is 10.2. The quantitative estimate of drug-likeness (QED) is 0.482. The van der Waals surface area contributed by atoms with Crippen LogP contribution in [-0.4, -0.2) is 20.9 Å². The van der Waals surface area contributed by atoms with Crippen molar-refractivity contribution in [2.75, 3.05) is 0 Å². The van der Waals surface area contributed by atoms with E-state index in [0.717, 1.165) is 0 Å². The topological polar surface area (TPSA) is 70.4 Å². The Bertz CT molecular complexity index is 1120. The first-order chi connectivity index (χ1) is 12.4. The number of rotatable bonds is 3. The van der Waals surface area contributed by atoms with Crippen LogP contribution >= 0.6 is 35.4 Å². The fourth-order valence-corrected chi connectivity index (χ4v) is 2.76. The highest BCUT2D eigenvalue weighted by Gasteiger charge is 2.13. The smallest absolute Gasteiger partial charge is 0.264 e. The lowest BCUT2D eigenvalue weighted by Crippen LogP contribution is -2.18. The van der Waals surface area contributed by atoms with Crippen LogP contribution in [0.25, 0.3) is 5.69 Å². The first-order valence-electron chi connectivity index (χ1n) is 7.20. The Morgan fingerprint density at radius 3 is 2.50 bits per heavy atom. The van der Waals surface area contributed by atoms with Gasteiger partial charge in [0.25, 0.3) is 5.56 Å². The summed E-state index contributed by atoms with van der Waals surface area (Å²) >= 11 is 17.0. The average molecular weight is 410 g/mol. The van der Waals surface area contributed by atoms with Crippen LogP contribution in [-0.2, 0) is 0 Å². The van der Waals surface area contributed by atoms with Crippen molar-refractivity contribution < 1.29 is 9.50 Å². The van der Waals surface area contributed by atoms with Crippen LogP contribution in [0.5, 0.6) is 5.88 Å². The molecule has 3 aromatic rings. The number of aromatic hydroxyl groups is 1. The van der Waals surface area contributed by atoms with Gasteiger partial charge in [0.05, 0.1) is 21.4 Å². The lowest BCUT2D eigenvalue weighted by molar-refractivity contribution is 0.432. The second-order valence-electron chi connectivity index (χ2n) is 5.16. The molecule has 0 saturated carbocycles. The summed E-state index contributed by atoms with van der Waals surface area (Å²) < 4.78 is 14.1. The van der Waals surface area contributed by atoms with Crippen molar-refractivity contribution in [3.05, 3.63) is 79.0 Å². The second-order valence-corrected chi connectivity index (χ2v) is 6.37. The number of halogens is 3. The van der Waals surface area contributed by atoms with Crippen LogP contribution in [0, 0.1) is 10.6 Å². The van der Waals surface area contributed by atoms with Crippen molar-refractivity contribution in [1.82, 2.24) is 9.55 Å². The molecule has 0 saturated heterocycles. The highest BCUT2D eigenvalue weighted by atomic mass is 35.5. The van der Waals surface area contributed by atoms with Gasteiger partial charge in [0.1, 0.15) is 11.4 Å². The summed E-state index contributed by atoms with van der Waals surface area (Å²) in [5.74, 6) is -0.819. The summed E-state index contributed by atoms with van der Waals surface area (Å²) in [5, 5.41) is 11.1. The fourth-order valence-electron chi connectivity index (χ4n) is 2.18. The van der Waals surface area contributed by atoms with E-state index in [2.05, 4.69) is 9.98 Å². The zero-order chi connectivity index (χ0) is 18.8. The zero-order valence-corrected chi connectivity index (χ0v) is 15.2. The fraction of sp³-hybridized carbons (Fsp3) is 0. The van der Waals surface area contributed by atoms with Crippen molar-refractivity contribution >= 4 is 47.3 Å². The van der Waals surface area contributed by atoms with E-state index < -0.39 is 17.3 Å². The Morgan fingerprint density at radius 1 is 1.15 bits per heavy atom. The third-order valence-corrected chi connectivity index (χ3v) is 4.48. The van der Waals surface area contributed by atoms with Crippen LogP contribution in [0.3, 0.4) is 0 Å². The number of nitrogens with zero attached hydrogens (tertiary/aromatic N) is 2. The minimum Gasteiger partial charge on any atom is -0.494 e. The third-order valence-electron chi connectivity index (χ3n) is 3.45. The maximum atomic E-state index is 12.9. The monoisotopic (exact) mass is 409 g/mol. The molecule has 9 heteroatoms. The van der Waals surface area contributed by atoms with Gasteiger partial charge in [-0.2, -0.15) is 0 Å². The lowest BCUT2D eigenvalue weighted by Gasteiger charge is -2.11. The molecule has 1 aromatic heterocycles. The summed E-state index contributed by atoms with van der Waals surface area (Å²) in [6.45, 7) is 0. The molecule has 0 bridgehead atoms. The number of aromatic nitrogens is 2. The van der Waals surface area contributed by atoms with E-state index in [0.29, 0.717) is 16.4 Å². The highest BCUT2D eigenvalue weighted by molar-refractivity contribution is 7.71. The van der Waals surface area contributed by atoms with Crippen LogP contribution in [0.1, 0.15) is 5.56 Å². The molecule has 3 rings (SSSR count). The number of benzene rings is 2. The van der Waals surface area contributed by atoms with E-state index in [1.807, 2.05) is 0 Å². The van der Waals surface area contributed by atoms with Crippen LogP contribution < -0.4 is 5.56 Å². The van der Waals surface area contributed by atoms with Crippen LogP contribution in [0.4, 0.5) is 10.1 Å². The van der Waals surface area contributed by atoms with Crippen molar-refractivity contribution in [1.29, 1.82) is 0 Å². The van der Waals surface area contributed by atoms with Gasteiger partial charge in [-0.3, -0.25) is 19.3 Å². The average Bonchev–Trinajstić information content (AvgIpc) is 2.59. The van der Waals surface area contributed by atoms with Gasteiger partial charge in [-0.1, -0.05) is 23.2 Å². The largest absolute Gasteiger partial charge is 0.494 e. The molecule has 2 aromatic carbocycles. The minimum atomic E-state index is -0.616. The Hall–Kier alpha value is -2.48. The van der Waals surface area contributed by atoms with E-state index >= 15 is 0 Å². The summed E-state index contributed by atoms with van der Waals surface area (Å²) in [7, 11) is 0. The van der Waals surface area contributed by atoms with Crippen LogP contribution in [0.15, 0.2) is 52.3 Å². The molecule has 0 aliphatic carbocycles. The first-order valence-corrected chi connectivity index (χ1v) is 8.36. The van der Waals surface area contributed by atoms with E-state index in [4.69, 9.17) is 35.4 Å². The predicted octanol–water partition coefficient (Wildman–Crippen LogP) is 4.80. The molecule has 0 aliphatic heterocycles. The van der Waals surface area contributed by atoms with E-state index in [1.54, 1.807) is 6.07 Å². The van der Waals surface area contributed by atoms with Gasteiger partial charge >= 0.3 is 0 Å². The standard InChI is InChI=1S/C17H10Cl2FN3O2S/c18-13-6-5-11(7-14(13)19)23-16(25)12(15(24)22-17(23)26)8-21-10-3-1-9(20)2-4-10/h1-8,25H,(H,22,24,26). The number of H-pyrrole nitrogens is 1. The van der Waals surface area contributed by atoms with E-state index in [1.165, 1.54) is 47.2 Å². The zero-order valence-electron chi connectivity index (χ0n) is 12.9. The summed E-state index contributed by atoms with van der Waals surface area (Å²) in [4.78, 5) is 18.7. The minimum absolute atomic E-state index is 0.0233. The summed E-state index contributed by atoms with van der Waals surface area (Å²) in [5.41, 5.74) is 0.0898. The number of aromatic amines is 1. The van der Waals surface area contributed by atoms with Gasteiger partial charge in [-0.15, -0.1) is 0 Å². The van der Waals surface area contributed by atoms with Gasteiger partial charge in [-0.05, 0) is 54.7 Å². The Morgan fingerprint density at radius 2 is 1.85 bits per heavy atom. The summed E-state index contributed by atoms with van der Waals surface area (Å²) in [6, 6.07) is 9.97. The van der Waals surface area contributed by atoms with Gasteiger partial charge in [0, 0.05) is 6.21 Å². The number of hydrogen-bond donors (Lipinski definition) is 2. The Kier molecular flexibility index (Phi) is 5.22. The number of aliphatic imine (C=N–C) groups is 1. The molecule has 0 atom stereocenters. The molecule has 0 aliphatic rings. The molecule has 5 nitrogen and oxygen atoms in total. The van der Waals surface area contributed by atoms with Crippen molar-refractivity contribution in [3.63, 3.8) is 0 Å². The molecule has 132 valence electrons. The van der Waals surface area contributed by atoms with Gasteiger partial charge in [-0.25, -0.2) is 4.39 Å². The molecular formula is C17H10Cl2FN3O2S. The van der Waals surface area contributed by atoms with Gasteiger partial charge in [0.15, 0.2) is 4.77 Å². The molecule has 0 radical (unpaired) electrons. The van der Waals surface area contributed by atoms with Crippen molar-refractivity contribution in [2.24, 2.45) is 4.99 Å². The maximum Gasteiger partial charge on any atom is 0.264 e. The van der Waals surface area contributed by atoms with Crippen molar-refractivity contribution in [3.8, 4) is 11.6 Å². The molecule has 2 N–H and O–H groups in total. The third kappa shape index (κ3) is 3.70. The number of nitrogens with one attached hydrogen (secondary N) is 1. The van der Waals surface area contributed by atoms with Gasteiger partial charge < -0.3 is 5.11 Å². The molecular weight excluding hydrogens is 400 g/mol. The highest BCUT2D eigenvalue weighted by Crippen LogP contribution is 2.27. The Balaban J connectivity index is 2.12. The molecule has 0 fully saturated rings.